The molecule has 6 aromatic rings. The second-order valence-electron chi connectivity index (χ2n) is 21.5. The Bertz CT molecular complexity index is 3200. The van der Waals surface area contributed by atoms with Crippen LogP contribution in [-0.4, -0.2) is 190 Å². The quantitative estimate of drug-likeness (QED) is 0.0435. The van der Waals surface area contributed by atoms with Gasteiger partial charge < -0.3 is 59.4 Å². The lowest BCUT2D eigenvalue weighted by Gasteiger charge is -2.36. The molecule has 24 heteroatoms. The molecule has 0 unspecified atom stereocenters. The van der Waals surface area contributed by atoms with Crippen LogP contribution < -0.4 is 20.9 Å². The zero-order valence-corrected chi connectivity index (χ0v) is 49.4. The van der Waals surface area contributed by atoms with Gasteiger partial charge in [-0.05, 0) is 72.0 Å². The third kappa shape index (κ3) is 17.8. The first-order valence-corrected chi connectivity index (χ1v) is 30.7. The number of rotatable bonds is 29. The second-order valence-corrected chi connectivity index (χ2v) is 24.3. The number of sulfone groups is 1. The Morgan fingerprint density at radius 3 is 1.95 bits per heavy atom. The fourth-order valence-electron chi connectivity index (χ4n) is 9.63. The predicted octanol–water partition coefficient (Wildman–Crippen LogP) is 5.30. The van der Waals surface area contributed by atoms with E-state index in [2.05, 4.69) is 35.9 Å². The number of amides is 4. The highest BCUT2D eigenvalue weighted by Gasteiger charge is 2.44. The summed E-state index contributed by atoms with van der Waals surface area (Å²) < 4.78 is 53.6. The summed E-state index contributed by atoms with van der Waals surface area (Å²) in [5.74, 6) is -0.687. The van der Waals surface area contributed by atoms with Crippen LogP contribution in [0.5, 0.6) is 0 Å². The molecular weight excluding hydrogens is 1100 g/mol. The smallest absolute Gasteiger partial charge is 0.247 e. The number of nitrogens with zero attached hydrogens (tertiary/aromatic N) is 7. The topological polar surface area (TPSA) is 258 Å². The molecule has 83 heavy (non-hydrogen) atoms. The van der Waals surface area contributed by atoms with Gasteiger partial charge in [0.05, 0.1) is 105 Å². The lowest BCUT2D eigenvalue weighted by Crippen LogP contribution is -2.57. The minimum Gasteiger partial charge on any atom is -0.391 e. The summed E-state index contributed by atoms with van der Waals surface area (Å²) in [5.41, 5.74) is 8.13. The number of anilines is 3. The van der Waals surface area contributed by atoms with E-state index >= 15 is 0 Å². The van der Waals surface area contributed by atoms with Gasteiger partial charge in [-0.25, -0.2) is 17.9 Å². The second kappa shape index (κ2) is 29.6. The summed E-state index contributed by atoms with van der Waals surface area (Å²) >= 11 is 1.57. The number of carbonyl (C=O) groups is 4. The number of β-amino-alcohol motifs (C(OH)–C–C–N with tert-alkyl or cyclic N) is 1. The average Bonchev–Trinajstić information content (AvgIpc) is 3.97. The predicted molar refractivity (Wildman–Crippen MR) is 315 cm³/mol. The van der Waals surface area contributed by atoms with E-state index in [0.717, 1.165) is 44.3 Å². The number of nitrogens with one attached hydrogen (secondary N) is 3. The third-order valence-corrected chi connectivity index (χ3v) is 16.3. The van der Waals surface area contributed by atoms with Gasteiger partial charge in [0.2, 0.25) is 29.6 Å². The molecule has 2 aliphatic heterocycles. The number of carbonyl (C=O) groups excluding carboxylic acids is 4. The number of aryl methyl sites for hydroxylation is 1. The van der Waals surface area contributed by atoms with Crippen molar-refractivity contribution in [3.05, 3.63) is 108 Å². The average molecular weight is 1180 g/mol. The Morgan fingerprint density at radius 2 is 1.36 bits per heavy atom. The van der Waals surface area contributed by atoms with E-state index in [-0.39, 0.29) is 61.8 Å². The summed E-state index contributed by atoms with van der Waals surface area (Å²) in [6, 6.07) is 26.4. The zero-order chi connectivity index (χ0) is 58.9. The molecule has 3 atom stereocenters. The fraction of sp³-hybridized carbons (Fsp3) is 0.475. The van der Waals surface area contributed by atoms with Crippen LogP contribution in [0.4, 0.5) is 17.3 Å². The normalized spacial score (nSPS) is 16.1. The van der Waals surface area contributed by atoms with Crippen molar-refractivity contribution in [3.63, 3.8) is 0 Å². The fourth-order valence-corrected chi connectivity index (χ4v) is 11.1. The van der Waals surface area contributed by atoms with Crippen LogP contribution in [-0.2, 0) is 59.2 Å². The number of hydrogen-bond acceptors (Lipinski definition) is 18. The number of piperazine rings is 1. The highest BCUT2D eigenvalue weighted by molar-refractivity contribution is 7.90. The molecule has 5 heterocycles. The van der Waals surface area contributed by atoms with Gasteiger partial charge in [-0.3, -0.25) is 19.2 Å². The highest BCUT2D eigenvalue weighted by Crippen LogP contribution is 2.30. The lowest BCUT2D eigenvalue weighted by molar-refractivity contribution is -0.144. The molecule has 0 bridgehead atoms. The van der Waals surface area contributed by atoms with Crippen molar-refractivity contribution in [2.24, 2.45) is 5.41 Å². The van der Waals surface area contributed by atoms with Gasteiger partial charge in [0.15, 0.2) is 15.5 Å². The molecule has 2 aliphatic rings. The van der Waals surface area contributed by atoms with E-state index in [9.17, 15) is 32.7 Å². The Labute approximate surface area is 488 Å². The van der Waals surface area contributed by atoms with Crippen molar-refractivity contribution in [3.8, 4) is 21.7 Å². The number of benzene rings is 3. The third-order valence-electron chi connectivity index (χ3n) is 14.2. The van der Waals surface area contributed by atoms with Crippen LogP contribution in [0.3, 0.4) is 0 Å². The van der Waals surface area contributed by atoms with Crippen molar-refractivity contribution >= 4 is 67.8 Å². The molecule has 2 saturated heterocycles. The van der Waals surface area contributed by atoms with Gasteiger partial charge in [0, 0.05) is 75.3 Å². The number of hydrogen-bond donors (Lipinski definition) is 4. The van der Waals surface area contributed by atoms with Crippen LogP contribution in [0.25, 0.3) is 27.3 Å². The maximum absolute atomic E-state index is 14.0. The Kier molecular flexibility index (Phi) is 22.1. The number of thiazole rings is 1. The maximum atomic E-state index is 14.0. The minimum atomic E-state index is -3.31. The summed E-state index contributed by atoms with van der Waals surface area (Å²) in [7, 11) is -3.31. The number of aliphatic hydroxyl groups is 1. The molecule has 8 rings (SSSR count). The molecule has 3 aromatic carbocycles. The molecule has 0 saturated carbocycles. The SMILES string of the molecule is Cc1ncsc1-c1ccc(CNC(=O)[C@@H]2C[C@@H](O)CN2C(=O)[C@@H](NC(=O)CCOCCOCCOCCOCCOCCC(=O)N2CCN(c3ccc(Nc4nc5cccc(-c6ccc(S(C)(=O)=O)cc6)n5n4)cc3)CC2)C(C)(C)C)cc1. The van der Waals surface area contributed by atoms with Gasteiger partial charge in [-0.15, -0.1) is 16.4 Å². The summed E-state index contributed by atoms with van der Waals surface area (Å²) in [6.45, 7) is 13.6. The number of aliphatic hydroxyl groups excluding tert-OH is 1. The minimum absolute atomic E-state index is 0.0121. The van der Waals surface area contributed by atoms with Crippen molar-refractivity contribution in [2.75, 3.05) is 115 Å². The van der Waals surface area contributed by atoms with Crippen LogP contribution in [0.2, 0.25) is 0 Å². The molecule has 3 aromatic heterocycles. The number of likely N-dealkylation sites (tertiary alicyclic amines) is 1. The van der Waals surface area contributed by atoms with E-state index in [0.29, 0.717) is 97.1 Å². The first-order chi connectivity index (χ1) is 39.9. The Morgan fingerprint density at radius 1 is 0.759 bits per heavy atom. The van der Waals surface area contributed by atoms with E-state index in [1.807, 2.05) is 105 Å². The van der Waals surface area contributed by atoms with Gasteiger partial charge in [-0.1, -0.05) is 63.2 Å². The van der Waals surface area contributed by atoms with Crippen molar-refractivity contribution in [1.29, 1.82) is 0 Å². The Hall–Kier alpha value is -6.90. The van der Waals surface area contributed by atoms with Crippen molar-refractivity contribution in [2.45, 2.75) is 76.6 Å². The molecule has 446 valence electrons. The van der Waals surface area contributed by atoms with Crippen LogP contribution in [0.15, 0.2) is 101 Å². The zero-order valence-electron chi connectivity index (χ0n) is 47.8. The van der Waals surface area contributed by atoms with Crippen molar-refractivity contribution < 1.29 is 56.4 Å². The molecule has 4 N–H and O–H groups in total. The lowest BCUT2D eigenvalue weighted by atomic mass is 9.85. The van der Waals surface area contributed by atoms with Crippen LogP contribution in [0, 0.1) is 12.3 Å². The maximum Gasteiger partial charge on any atom is 0.247 e. The molecule has 0 aliphatic carbocycles. The van der Waals surface area contributed by atoms with Gasteiger partial charge in [0.1, 0.15) is 12.1 Å². The first kappa shape index (κ1) is 62.2. The number of ether oxygens (including phenoxy) is 5. The summed E-state index contributed by atoms with van der Waals surface area (Å²) in [4.78, 5) is 69.2. The van der Waals surface area contributed by atoms with Gasteiger partial charge in [0.25, 0.3) is 0 Å². The molecule has 22 nitrogen and oxygen atoms in total. The molecule has 4 amide bonds. The molecule has 2 fully saturated rings. The Balaban J connectivity index is 0.613. The van der Waals surface area contributed by atoms with Gasteiger partial charge >= 0.3 is 0 Å². The first-order valence-electron chi connectivity index (χ1n) is 27.9. The van der Waals surface area contributed by atoms with Gasteiger partial charge in [-0.2, -0.15) is 4.98 Å². The summed E-state index contributed by atoms with van der Waals surface area (Å²) in [5, 5.41) is 24.3. The number of aromatic nitrogens is 4. The van der Waals surface area contributed by atoms with E-state index in [4.69, 9.17) is 23.7 Å². The van der Waals surface area contributed by atoms with Crippen LogP contribution >= 0.6 is 11.3 Å². The van der Waals surface area contributed by atoms with Crippen LogP contribution in [0.1, 0.15) is 51.3 Å². The largest absolute Gasteiger partial charge is 0.391 e. The van der Waals surface area contributed by atoms with Crippen molar-refractivity contribution in [1.82, 2.24) is 40.0 Å². The molecule has 0 radical (unpaired) electrons. The van der Waals surface area contributed by atoms with E-state index in [1.165, 1.54) is 11.2 Å². The van der Waals surface area contributed by atoms with E-state index in [1.54, 1.807) is 40.1 Å². The summed E-state index contributed by atoms with van der Waals surface area (Å²) in [6.07, 6.45) is 0.723. The standard InChI is InChI=1S/C59H76N10O12S2/c1-41-54(82-40-61-41)44-11-9-42(10-12-44)38-60-56(73)50-37-47(70)39-68(50)57(74)55(59(2,3)4)64-52(71)21-27-77-29-31-79-33-35-81-36-34-80-32-30-78-28-22-53(72)67-25-23-66(24-26-67)46-17-15-45(16-18-46)62-58-63-51-8-6-7-49(69(51)65-58)43-13-19-48(20-14-43)83(5,75)76/h6-20,40,47,50,55,70H,21-39H2,1-5H3,(H,60,73)(H,62,65)(H,64,71)/t47-,50+,55-/m1/s1. The number of fused-ring (bicyclic) bond motifs is 1. The number of pyridine rings is 1. The monoisotopic (exact) mass is 1180 g/mol. The molecule has 0 spiro atoms. The van der Waals surface area contributed by atoms with E-state index < -0.39 is 39.3 Å². The highest BCUT2D eigenvalue weighted by atomic mass is 32.2. The molecular formula is C59H76N10O12S2.